The van der Waals surface area contributed by atoms with Crippen molar-refractivity contribution in [2.75, 3.05) is 25.1 Å². The molecule has 1 aliphatic heterocycles. The molecule has 1 unspecified atom stereocenters. The zero-order valence-electron chi connectivity index (χ0n) is 16.0. The molecule has 1 N–H and O–H groups in total. The summed E-state index contributed by atoms with van der Waals surface area (Å²) in [7, 11) is 0. The second-order valence-corrected chi connectivity index (χ2v) is 6.72. The van der Waals surface area contributed by atoms with E-state index in [0.29, 0.717) is 29.4 Å². The van der Waals surface area contributed by atoms with Crippen molar-refractivity contribution in [1.29, 1.82) is 0 Å². The summed E-state index contributed by atoms with van der Waals surface area (Å²) in [6, 6.07) is 14.0. The monoisotopic (exact) mass is 383 g/mol. The van der Waals surface area contributed by atoms with Crippen molar-refractivity contribution in [3.05, 3.63) is 54.1 Å². The first-order valence-electron chi connectivity index (χ1n) is 9.49. The fourth-order valence-corrected chi connectivity index (χ4v) is 2.96. The second-order valence-electron chi connectivity index (χ2n) is 6.72. The fourth-order valence-electron chi connectivity index (χ4n) is 2.96. The molecule has 0 aromatic heterocycles. The van der Waals surface area contributed by atoms with Crippen molar-refractivity contribution in [2.24, 2.45) is 0 Å². The maximum Gasteiger partial charge on any atom is 0.262 e. The van der Waals surface area contributed by atoms with Gasteiger partial charge in [0.1, 0.15) is 18.1 Å². The molecule has 6 heteroatoms. The fraction of sp³-hybridized carbons (Fsp3) is 0.364. The van der Waals surface area contributed by atoms with Gasteiger partial charge >= 0.3 is 0 Å². The van der Waals surface area contributed by atoms with Crippen molar-refractivity contribution in [1.82, 2.24) is 0 Å². The van der Waals surface area contributed by atoms with Crippen LogP contribution in [0, 0.1) is 0 Å². The minimum Gasteiger partial charge on any atom is -0.489 e. The van der Waals surface area contributed by atoms with Gasteiger partial charge in [0.05, 0.1) is 11.8 Å². The number of ether oxygens (including phenoxy) is 3. The molecule has 2 aromatic rings. The standard InChI is InChI=1S/C22H25NO5/c1-16(24)17-7-6-9-18(13-17)27-15-22(25)23-20-10-2-3-11-21(20)28-14-19-8-4-5-12-26-19/h2-3,6-7,9-11,13,19H,4-5,8,12,14-15H2,1H3,(H,23,25). The predicted molar refractivity (Wildman–Crippen MR) is 106 cm³/mol. The van der Waals surface area contributed by atoms with Crippen LogP contribution in [0.2, 0.25) is 0 Å². The predicted octanol–water partition coefficient (Wildman–Crippen LogP) is 3.85. The van der Waals surface area contributed by atoms with Crippen molar-refractivity contribution in [3.8, 4) is 11.5 Å². The normalized spacial score (nSPS) is 16.2. The molecule has 1 aliphatic rings. The van der Waals surface area contributed by atoms with Gasteiger partial charge in [-0.15, -0.1) is 0 Å². The molecular weight excluding hydrogens is 358 g/mol. The number of hydrogen-bond acceptors (Lipinski definition) is 5. The average molecular weight is 383 g/mol. The number of nitrogens with one attached hydrogen (secondary N) is 1. The number of carbonyl (C=O) groups is 2. The number of hydrogen-bond donors (Lipinski definition) is 1. The molecule has 0 bridgehead atoms. The largest absolute Gasteiger partial charge is 0.489 e. The third-order valence-electron chi connectivity index (χ3n) is 4.47. The van der Waals surface area contributed by atoms with E-state index in [9.17, 15) is 9.59 Å². The van der Waals surface area contributed by atoms with Crippen molar-refractivity contribution in [2.45, 2.75) is 32.3 Å². The lowest BCUT2D eigenvalue weighted by Gasteiger charge is -2.23. The lowest BCUT2D eigenvalue weighted by atomic mass is 10.1. The Hall–Kier alpha value is -2.86. The highest BCUT2D eigenvalue weighted by molar-refractivity contribution is 5.95. The average Bonchev–Trinajstić information content (AvgIpc) is 2.72. The first-order valence-corrected chi connectivity index (χ1v) is 9.49. The summed E-state index contributed by atoms with van der Waals surface area (Å²) in [5.41, 5.74) is 1.13. The van der Waals surface area contributed by atoms with Crippen LogP contribution in [0.3, 0.4) is 0 Å². The Labute approximate surface area is 164 Å². The molecule has 0 spiro atoms. The Morgan fingerprint density at radius 3 is 2.75 bits per heavy atom. The number of rotatable bonds is 8. The summed E-state index contributed by atoms with van der Waals surface area (Å²) in [6.07, 6.45) is 3.32. The Kier molecular flexibility index (Phi) is 7.03. The van der Waals surface area contributed by atoms with Gasteiger partial charge in [-0.2, -0.15) is 0 Å². The summed E-state index contributed by atoms with van der Waals surface area (Å²) in [5, 5.41) is 2.81. The van der Waals surface area contributed by atoms with E-state index in [-0.39, 0.29) is 24.4 Å². The van der Waals surface area contributed by atoms with Crippen LogP contribution >= 0.6 is 0 Å². The lowest BCUT2D eigenvalue weighted by Crippen LogP contribution is -2.26. The molecule has 1 atom stereocenters. The number of anilines is 1. The molecular formula is C22H25NO5. The van der Waals surface area contributed by atoms with Gasteiger partial charge in [0, 0.05) is 12.2 Å². The van der Waals surface area contributed by atoms with Gasteiger partial charge in [-0.1, -0.05) is 24.3 Å². The van der Waals surface area contributed by atoms with Crippen LogP contribution in [-0.4, -0.2) is 37.6 Å². The lowest BCUT2D eigenvalue weighted by molar-refractivity contribution is -0.118. The van der Waals surface area contributed by atoms with Crippen LogP contribution in [0.25, 0.3) is 0 Å². The molecule has 1 fully saturated rings. The number of para-hydroxylation sites is 2. The maximum absolute atomic E-state index is 12.3. The van der Waals surface area contributed by atoms with E-state index in [4.69, 9.17) is 14.2 Å². The van der Waals surface area contributed by atoms with Crippen molar-refractivity contribution in [3.63, 3.8) is 0 Å². The van der Waals surface area contributed by atoms with E-state index < -0.39 is 0 Å². The molecule has 148 valence electrons. The Bertz CT molecular complexity index is 814. The highest BCUT2D eigenvalue weighted by atomic mass is 16.5. The highest BCUT2D eigenvalue weighted by Crippen LogP contribution is 2.25. The van der Waals surface area contributed by atoms with Crippen LogP contribution in [0.15, 0.2) is 48.5 Å². The number of carbonyl (C=O) groups excluding carboxylic acids is 2. The molecule has 3 rings (SSSR count). The Balaban J connectivity index is 1.53. The third kappa shape index (κ3) is 5.82. The van der Waals surface area contributed by atoms with Gasteiger partial charge in [0.25, 0.3) is 5.91 Å². The second kappa shape index (κ2) is 9.90. The molecule has 1 saturated heterocycles. The molecule has 0 aliphatic carbocycles. The van der Waals surface area contributed by atoms with Gasteiger partial charge in [0.2, 0.25) is 0 Å². The van der Waals surface area contributed by atoms with Gasteiger partial charge in [0.15, 0.2) is 12.4 Å². The van der Waals surface area contributed by atoms with Gasteiger partial charge in [-0.3, -0.25) is 9.59 Å². The van der Waals surface area contributed by atoms with E-state index in [1.807, 2.05) is 18.2 Å². The van der Waals surface area contributed by atoms with Crippen LogP contribution in [0.1, 0.15) is 36.5 Å². The van der Waals surface area contributed by atoms with E-state index in [1.165, 1.54) is 6.92 Å². The zero-order valence-corrected chi connectivity index (χ0v) is 16.0. The number of Topliss-reactive ketones (excluding diaryl/α,β-unsaturated/α-hetero) is 1. The van der Waals surface area contributed by atoms with Gasteiger partial charge in [-0.25, -0.2) is 0 Å². The molecule has 0 saturated carbocycles. The first-order chi connectivity index (χ1) is 13.6. The highest BCUT2D eigenvalue weighted by Gasteiger charge is 2.16. The molecule has 0 radical (unpaired) electrons. The summed E-state index contributed by atoms with van der Waals surface area (Å²) in [4.78, 5) is 23.7. The van der Waals surface area contributed by atoms with Crippen LogP contribution in [0.4, 0.5) is 5.69 Å². The third-order valence-corrected chi connectivity index (χ3v) is 4.47. The summed E-state index contributed by atoms with van der Waals surface area (Å²) in [5.74, 6) is 0.714. The topological polar surface area (TPSA) is 73.9 Å². The quantitative estimate of drug-likeness (QED) is 0.701. The summed E-state index contributed by atoms with van der Waals surface area (Å²) in [6.45, 7) is 2.55. The van der Waals surface area contributed by atoms with Crippen molar-refractivity contribution >= 4 is 17.4 Å². The van der Waals surface area contributed by atoms with E-state index >= 15 is 0 Å². The smallest absolute Gasteiger partial charge is 0.262 e. The summed E-state index contributed by atoms with van der Waals surface area (Å²) >= 11 is 0. The molecule has 28 heavy (non-hydrogen) atoms. The SMILES string of the molecule is CC(=O)c1cccc(OCC(=O)Nc2ccccc2OCC2CCCCO2)c1. The minimum absolute atomic E-state index is 0.0528. The summed E-state index contributed by atoms with van der Waals surface area (Å²) < 4.78 is 17.0. The zero-order chi connectivity index (χ0) is 19.8. The number of benzene rings is 2. The molecule has 2 aromatic carbocycles. The van der Waals surface area contributed by atoms with E-state index in [2.05, 4.69) is 5.32 Å². The molecule has 1 amide bonds. The number of ketones is 1. The first kappa shape index (κ1) is 19.9. The number of amides is 1. The Morgan fingerprint density at radius 2 is 1.96 bits per heavy atom. The van der Waals surface area contributed by atoms with E-state index in [0.717, 1.165) is 25.9 Å². The van der Waals surface area contributed by atoms with Gasteiger partial charge < -0.3 is 19.5 Å². The van der Waals surface area contributed by atoms with Crippen LogP contribution < -0.4 is 14.8 Å². The Morgan fingerprint density at radius 1 is 1.11 bits per heavy atom. The van der Waals surface area contributed by atoms with Crippen molar-refractivity contribution < 1.29 is 23.8 Å². The van der Waals surface area contributed by atoms with Crippen LogP contribution in [0.5, 0.6) is 11.5 Å². The molecule has 6 nitrogen and oxygen atoms in total. The maximum atomic E-state index is 12.3. The van der Waals surface area contributed by atoms with E-state index in [1.54, 1.807) is 30.3 Å². The van der Waals surface area contributed by atoms with Crippen LogP contribution in [-0.2, 0) is 9.53 Å². The van der Waals surface area contributed by atoms with Gasteiger partial charge in [-0.05, 0) is 50.5 Å². The minimum atomic E-state index is -0.307. The molecule has 1 heterocycles.